The van der Waals surface area contributed by atoms with Crippen LogP contribution in [0.4, 0.5) is 10.1 Å². The molecule has 2 rings (SSSR count). The number of hydrogen-bond acceptors (Lipinski definition) is 5. The Kier molecular flexibility index (Phi) is 4.48. The zero-order valence-electron chi connectivity index (χ0n) is 11.8. The fourth-order valence-electron chi connectivity index (χ4n) is 2.16. The second-order valence-electron chi connectivity index (χ2n) is 5.03. The zero-order chi connectivity index (χ0) is 15.8. The number of thioether (sulfide) groups is 1. The van der Waals surface area contributed by atoms with E-state index in [0.29, 0.717) is 18.1 Å². The number of carbonyl (C=O) groups excluding carboxylic acids is 1. The zero-order valence-corrected chi connectivity index (χ0v) is 13.4. The fraction of sp³-hybridized carbons (Fsp3) is 0.462. The van der Waals surface area contributed by atoms with E-state index >= 15 is 0 Å². The number of rotatable bonds is 2. The Bertz CT molecular complexity index is 653. The van der Waals surface area contributed by atoms with Gasteiger partial charge in [0.25, 0.3) is 5.91 Å². The molecule has 0 saturated carbocycles. The Labute approximate surface area is 127 Å². The highest BCUT2D eigenvalue weighted by atomic mass is 32.2. The Morgan fingerprint density at radius 2 is 2.14 bits per heavy atom. The van der Waals surface area contributed by atoms with Crippen molar-refractivity contribution in [3.63, 3.8) is 0 Å². The SMILES string of the molecule is Cc1c(N)cc(C(=O)N2CCSCC2S(C)(=O)=O)cc1F. The lowest BCUT2D eigenvalue weighted by Gasteiger charge is -2.34. The maximum atomic E-state index is 13.7. The predicted molar refractivity (Wildman–Crippen MR) is 82.5 cm³/mol. The number of anilines is 1. The highest BCUT2D eigenvalue weighted by Crippen LogP contribution is 2.24. The monoisotopic (exact) mass is 332 g/mol. The molecule has 1 aromatic carbocycles. The first-order valence-electron chi connectivity index (χ1n) is 6.35. The minimum atomic E-state index is -3.40. The first kappa shape index (κ1) is 16.1. The highest BCUT2D eigenvalue weighted by molar-refractivity contribution is 8.00. The summed E-state index contributed by atoms with van der Waals surface area (Å²) in [5.74, 6) is -0.0901. The number of nitrogens with two attached hydrogens (primary N) is 1. The van der Waals surface area contributed by atoms with Gasteiger partial charge in [0.1, 0.15) is 11.2 Å². The van der Waals surface area contributed by atoms with Crippen LogP contribution in [0.25, 0.3) is 0 Å². The minimum absolute atomic E-state index is 0.0798. The molecule has 1 amide bonds. The number of nitrogens with zero attached hydrogens (tertiary/aromatic N) is 1. The maximum absolute atomic E-state index is 13.7. The highest BCUT2D eigenvalue weighted by Gasteiger charge is 2.34. The van der Waals surface area contributed by atoms with E-state index < -0.39 is 26.9 Å². The van der Waals surface area contributed by atoms with Crippen molar-refractivity contribution in [2.45, 2.75) is 12.3 Å². The van der Waals surface area contributed by atoms with Crippen molar-refractivity contribution in [1.82, 2.24) is 4.90 Å². The summed E-state index contributed by atoms with van der Waals surface area (Å²) in [7, 11) is -3.40. The number of benzene rings is 1. The molecule has 0 spiro atoms. The van der Waals surface area contributed by atoms with Gasteiger partial charge in [0.15, 0.2) is 9.84 Å². The van der Waals surface area contributed by atoms with Gasteiger partial charge in [-0.25, -0.2) is 12.8 Å². The first-order chi connectivity index (χ1) is 9.71. The largest absolute Gasteiger partial charge is 0.398 e. The van der Waals surface area contributed by atoms with Crippen molar-refractivity contribution in [2.24, 2.45) is 0 Å². The summed E-state index contributed by atoms with van der Waals surface area (Å²) in [6.07, 6.45) is 1.11. The standard InChI is InChI=1S/C13H17FN2O3S2/c1-8-10(14)5-9(6-11(8)15)13(17)16-3-4-20-7-12(16)21(2,18)19/h5-6,12H,3-4,7,15H2,1-2H3. The van der Waals surface area contributed by atoms with Gasteiger partial charge in [0.2, 0.25) is 0 Å². The van der Waals surface area contributed by atoms with Gasteiger partial charge in [-0.1, -0.05) is 0 Å². The number of amides is 1. The molecule has 1 aliphatic heterocycles. The Morgan fingerprint density at radius 1 is 1.48 bits per heavy atom. The normalized spacial score (nSPS) is 19.6. The van der Waals surface area contributed by atoms with E-state index in [1.54, 1.807) is 0 Å². The minimum Gasteiger partial charge on any atom is -0.398 e. The van der Waals surface area contributed by atoms with Crippen LogP contribution in [0.3, 0.4) is 0 Å². The van der Waals surface area contributed by atoms with Crippen LogP contribution in [0.5, 0.6) is 0 Å². The van der Waals surface area contributed by atoms with Crippen molar-refractivity contribution in [3.05, 3.63) is 29.1 Å². The lowest BCUT2D eigenvalue weighted by Crippen LogP contribution is -2.49. The third-order valence-corrected chi connectivity index (χ3v) is 6.11. The van der Waals surface area contributed by atoms with E-state index in [0.717, 1.165) is 12.3 Å². The number of sulfone groups is 1. The van der Waals surface area contributed by atoms with E-state index in [1.807, 2.05) is 0 Å². The Morgan fingerprint density at radius 3 is 2.71 bits per heavy atom. The number of nitrogen functional groups attached to an aromatic ring is 1. The van der Waals surface area contributed by atoms with Crippen LogP contribution in [0, 0.1) is 12.7 Å². The molecule has 1 atom stereocenters. The molecule has 1 heterocycles. The molecule has 0 radical (unpaired) electrons. The summed E-state index contributed by atoms with van der Waals surface area (Å²) in [4.78, 5) is 13.8. The molecule has 8 heteroatoms. The van der Waals surface area contributed by atoms with Crippen molar-refractivity contribution in [2.75, 3.05) is 30.0 Å². The van der Waals surface area contributed by atoms with Crippen LogP contribution in [-0.4, -0.2) is 48.9 Å². The van der Waals surface area contributed by atoms with Gasteiger partial charge < -0.3 is 10.6 Å². The van der Waals surface area contributed by atoms with E-state index in [1.165, 1.54) is 29.7 Å². The predicted octanol–water partition coefficient (Wildman–Crippen LogP) is 1.28. The summed E-state index contributed by atoms with van der Waals surface area (Å²) in [6, 6.07) is 2.50. The van der Waals surface area contributed by atoms with Gasteiger partial charge in [0.05, 0.1) is 0 Å². The number of carbonyl (C=O) groups is 1. The summed E-state index contributed by atoms with van der Waals surface area (Å²) in [5, 5.41) is -0.880. The lowest BCUT2D eigenvalue weighted by atomic mass is 10.1. The van der Waals surface area contributed by atoms with Crippen molar-refractivity contribution < 1.29 is 17.6 Å². The van der Waals surface area contributed by atoms with Crippen LogP contribution in [-0.2, 0) is 9.84 Å². The molecule has 1 fully saturated rings. The molecule has 1 aliphatic rings. The van der Waals surface area contributed by atoms with Crippen LogP contribution in [0.15, 0.2) is 12.1 Å². The van der Waals surface area contributed by atoms with Crippen LogP contribution < -0.4 is 5.73 Å². The molecule has 0 bridgehead atoms. The smallest absolute Gasteiger partial charge is 0.255 e. The van der Waals surface area contributed by atoms with Crippen LogP contribution in [0.1, 0.15) is 15.9 Å². The number of hydrogen-bond donors (Lipinski definition) is 1. The molecule has 5 nitrogen and oxygen atoms in total. The van der Waals surface area contributed by atoms with Crippen LogP contribution in [0.2, 0.25) is 0 Å². The third-order valence-electron chi connectivity index (χ3n) is 3.47. The second-order valence-corrected chi connectivity index (χ2v) is 8.38. The maximum Gasteiger partial charge on any atom is 0.255 e. The van der Waals surface area contributed by atoms with Crippen LogP contribution >= 0.6 is 11.8 Å². The van der Waals surface area contributed by atoms with Gasteiger partial charge in [0, 0.05) is 41.1 Å². The molecule has 1 saturated heterocycles. The van der Waals surface area contributed by atoms with Gasteiger partial charge >= 0.3 is 0 Å². The molecule has 0 aromatic heterocycles. The molecule has 1 aromatic rings. The molecule has 1 unspecified atom stereocenters. The quantitative estimate of drug-likeness (QED) is 0.825. The average molecular weight is 332 g/mol. The Hall–Kier alpha value is -1.28. The fourth-order valence-corrected chi connectivity index (χ4v) is 4.97. The first-order valence-corrected chi connectivity index (χ1v) is 9.46. The molecular weight excluding hydrogens is 315 g/mol. The summed E-state index contributed by atoms with van der Waals surface area (Å²) >= 11 is 1.48. The van der Waals surface area contributed by atoms with Gasteiger partial charge in [-0.15, -0.1) is 0 Å². The molecule has 2 N–H and O–H groups in total. The van der Waals surface area contributed by atoms with E-state index in [4.69, 9.17) is 5.73 Å². The topological polar surface area (TPSA) is 80.5 Å². The molecule has 21 heavy (non-hydrogen) atoms. The average Bonchev–Trinajstić information content (AvgIpc) is 2.42. The van der Waals surface area contributed by atoms with E-state index in [2.05, 4.69) is 0 Å². The van der Waals surface area contributed by atoms with E-state index in [-0.39, 0.29) is 16.8 Å². The molecule has 0 aliphatic carbocycles. The number of halogens is 1. The summed E-state index contributed by atoms with van der Waals surface area (Å²) in [5.41, 5.74) is 6.22. The summed E-state index contributed by atoms with van der Waals surface area (Å²) < 4.78 is 37.4. The summed E-state index contributed by atoms with van der Waals surface area (Å²) in [6.45, 7) is 1.84. The van der Waals surface area contributed by atoms with E-state index in [9.17, 15) is 17.6 Å². The van der Waals surface area contributed by atoms with Crippen molar-refractivity contribution >= 4 is 33.2 Å². The third kappa shape index (κ3) is 3.32. The Balaban J connectivity index is 2.38. The van der Waals surface area contributed by atoms with Crippen molar-refractivity contribution in [3.8, 4) is 0 Å². The van der Waals surface area contributed by atoms with Gasteiger partial charge in [-0.2, -0.15) is 11.8 Å². The molecular formula is C13H17FN2O3S2. The van der Waals surface area contributed by atoms with Crippen molar-refractivity contribution in [1.29, 1.82) is 0 Å². The second kappa shape index (κ2) is 5.84. The molecule has 116 valence electrons. The van der Waals surface area contributed by atoms with Gasteiger partial charge in [-0.05, 0) is 19.1 Å². The van der Waals surface area contributed by atoms with Gasteiger partial charge in [-0.3, -0.25) is 4.79 Å². The lowest BCUT2D eigenvalue weighted by molar-refractivity contribution is 0.0749.